The fourth-order valence-electron chi connectivity index (χ4n) is 1.55. The maximum Gasteiger partial charge on any atom is 0.225 e. The molecule has 0 N–H and O–H groups in total. The third kappa shape index (κ3) is 1.84. The van der Waals surface area contributed by atoms with Crippen LogP contribution in [0.15, 0.2) is 0 Å². The number of halogens is 1. The van der Waals surface area contributed by atoms with E-state index in [0.29, 0.717) is 11.2 Å². The van der Waals surface area contributed by atoms with E-state index >= 15 is 0 Å². The molecule has 5 heteroatoms. The lowest BCUT2D eigenvalue weighted by Gasteiger charge is -2.09. The third-order valence-corrected chi connectivity index (χ3v) is 2.63. The minimum Gasteiger partial charge on any atom is -0.381 e. The van der Waals surface area contributed by atoms with Gasteiger partial charge in [-0.2, -0.15) is 0 Å². The number of hydrogen-bond donors (Lipinski definition) is 0. The standard InChI is InChI=1S/C8H12ClN3O/c1-6-10-11-8(9)12(6)4-7-2-3-13-5-7/h7H,2-5H2,1H3. The summed E-state index contributed by atoms with van der Waals surface area (Å²) >= 11 is 5.87. The number of aryl methyl sites for hydroxylation is 1. The fourth-order valence-corrected chi connectivity index (χ4v) is 1.78. The van der Waals surface area contributed by atoms with E-state index in [4.69, 9.17) is 16.3 Å². The SMILES string of the molecule is Cc1nnc(Cl)n1CC1CCOC1. The average Bonchev–Trinajstić information content (AvgIpc) is 2.70. The molecule has 0 aliphatic carbocycles. The normalized spacial score (nSPS) is 22.5. The van der Waals surface area contributed by atoms with Crippen molar-refractivity contribution in [3.8, 4) is 0 Å². The molecule has 1 aliphatic heterocycles. The first-order chi connectivity index (χ1) is 6.27. The van der Waals surface area contributed by atoms with Crippen LogP contribution in [-0.2, 0) is 11.3 Å². The highest BCUT2D eigenvalue weighted by Crippen LogP contribution is 2.17. The van der Waals surface area contributed by atoms with Crippen LogP contribution in [-0.4, -0.2) is 28.0 Å². The van der Waals surface area contributed by atoms with Crippen molar-refractivity contribution in [2.75, 3.05) is 13.2 Å². The Balaban J connectivity index is 2.07. The molecule has 1 atom stereocenters. The van der Waals surface area contributed by atoms with E-state index in [0.717, 1.165) is 32.0 Å². The van der Waals surface area contributed by atoms with Crippen molar-refractivity contribution in [3.63, 3.8) is 0 Å². The lowest BCUT2D eigenvalue weighted by Crippen LogP contribution is -2.12. The summed E-state index contributed by atoms with van der Waals surface area (Å²) in [6, 6.07) is 0. The summed E-state index contributed by atoms with van der Waals surface area (Å²) in [7, 11) is 0. The molecular weight excluding hydrogens is 190 g/mol. The minimum atomic E-state index is 0.476. The van der Waals surface area contributed by atoms with Crippen LogP contribution in [0.2, 0.25) is 5.28 Å². The first kappa shape index (κ1) is 8.97. The zero-order valence-electron chi connectivity index (χ0n) is 7.53. The summed E-state index contributed by atoms with van der Waals surface area (Å²) in [5.41, 5.74) is 0. The molecule has 1 saturated heterocycles. The Morgan fingerprint density at radius 2 is 2.46 bits per heavy atom. The van der Waals surface area contributed by atoms with Crippen LogP contribution in [0.25, 0.3) is 0 Å². The Morgan fingerprint density at radius 3 is 3.00 bits per heavy atom. The Labute approximate surface area is 81.9 Å². The minimum absolute atomic E-state index is 0.476. The highest BCUT2D eigenvalue weighted by molar-refractivity contribution is 6.28. The third-order valence-electron chi connectivity index (χ3n) is 2.36. The second-order valence-electron chi connectivity index (χ2n) is 3.36. The molecule has 0 saturated carbocycles. The molecule has 1 aromatic heterocycles. The zero-order chi connectivity index (χ0) is 9.26. The predicted octanol–water partition coefficient (Wildman–Crippen LogP) is 1.28. The summed E-state index contributed by atoms with van der Waals surface area (Å²) < 4.78 is 7.22. The largest absolute Gasteiger partial charge is 0.381 e. The molecule has 0 amide bonds. The predicted molar refractivity (Wildman–Crippen MR) is 48.7 cm³/mol. The van der Waals surface area contributed by atoms with E-state index in [1.807, 2.05) is 11.5 Å². The van der Waals surface area contributed by atoms with Crippen molar-refractivity contribution in [2.45, 2.75) is 19.9 Å². The number of rotatable bonds is 2. The second-order valence-corrected chi connectivity index (χ2v) is 3.69. The molecule has 1 aliphatic rings. The van der Waals surface area contributed by atoms with Gasteiger partial charge < -0.3 is 9.30 Å². The van der Waals surface area contributed by atoms with Gasteiger partial charge in [0.15, 0.2) is 0 Å². The molecule has 4 nitrogen and oxygen atoms in total. The molecule has 0 spiro atoms. The van der Waals surface area contributed by atoms with Gasteiger partial charge in [-0.05, 0) is 24.9 Å². The Morgan fingerprint density at radius 1 is 1.62 bits per heavy atom. The highest BCUT2D eigenvalue weighted by atomic mass is 35.5. The van der Waals surface area contributed by atoms with Crippen LogP contribution in [0, 0.1) is 12.8 Å². The van der Waals surface area contributed by atoms with Gasteiger partial charge in [-0.15, -0.1) is 10.2 Å². The quantitative estimate of drug-likeness (QED) is 0.724. The molecule has 13 heavy (non-hydrogen) atoms. The maximum absolute atomic E-state index is 5.87. The lowest BCUT2D eigenvalue weighted by atomic mass is 10.1. The van der Waals surface area contributed by atoms with Crippen molar-refractivity contribution >= 4 is 11.6 Å². The number of nitrogens with zero attached hydrogens (tertiary/aromatic N) is 3. The van der Waals surface area contributed by atoms with E-state index in [2.05, 4.69) is 10.2 Å². The first-order valence-electron chi connectivity index (χ1n) is 4.40. The van der Waals surface area contributed by atoms with Gasteiger partial charge in [0.2, 0.25) is 5.28 Å². The van der Waals surface area contributed by atoms with Gasteiger partial charge in [0.25, 0.3) is 0 Å². The van der Waals surface area contributed by atoms with Gasteiger partial charge in [-0.3, -0.25) is 0 Å². The molecule has 2 heterocycles. The van der Waals surface area contributed by atoms with E-state index < -0.39 is 0 Å². The summed E-state index contributed by atoms with van der Waals surface area (Å²) in [5.74, 6) is 1.43. The van der Waals surface area contributed by atoms with Gasteiger partial charge in [-0.1, -0.05) is 0 Å². The number of aromatic nitrogens is 3. The highest BCUT2D eigenvalue weighted by Gasteiger charge is 2.18. The van der Waals surface area contributed by atoms with Gasteiger partial charge >= 0.3 is 0 Å². The molecule has 0 bridgehead atoms. The Kier molecular flexibility index (Phi) is 2.51. The van der Waals surface area contributed by atoms with Gasteiger partial charge in [0.1, 0.15) is 5.82 Å². The summed E-state index contributed by atoms with van der Waals surface area (Å²) in [6.07, 6.45) is 1.11. The van der Waals surface area contributed by atoms with Crippen molar-refractivity contribution in [1.29, 1.82) is 0 Å². The van der Waals surface area contributed by atoms with Crippen LogP contribution in [0.4, 0.5) is 0 Å². The van der Waals surface area contributed by atoms with E-state index in [1.54, 1.807) is 0 Å². The summed E-state index contributed by atoms with van der Waals surface area (Å²) in [5, 5.41) is 8.17. The lowest BCUT2D eigenvalue weighted by molar-refractivity contribution is 0.182. The van der Waals surface area contributed by atoms with E-state index in [1.165, 1.54) is 0 Å². The molecular formula is C8H12ClN3O. The van der Waals surface area contributed by atoms with Crippen LogP contribution >= 0.6 is 11.6 Å². The molecule has 0 aromatic carbocycles. The van der Waals surface area contributed by atoms with Gasteiger partial charge in [0, 0.05) is 19.1 Å². The topological polar surface area (TPSA) is 39.9 Å². The van der Waals surface area contributed by atoms with E-state index in [-0.39, 0.29) is 0 Å². The summed E-state index contributed by atoms with van der Waals surface area (Å²) in [6.45, 7) is 4.48. The number of ether oxygens (including phenoxy) is 1. The van der Waals surface area contributed by atoms with Crippen molar-refractivity contribution in [1.82, 2.24) is 14.8 Å². The first-order valence-corrected chi connectivity index (χ1v) is 4.78. The van der Waals surface area contributed by atoms with Crippen molar-refractivity contribution in [3.05, 3.63) is 11.1 Å². The smallest absolute Gasteiger partial charge is 0.225 e. The van der Waals surface area contributed by atoms with Crippen molar-refractivity contribution < 1.29 is 4.74 Å². The maximum atomic E-state index is 5.87. The van der Waals surface area contributed by atoms with Crippen LogP contribution in [0.3, 0.4) is 0 Å². The van der Waals surface area contributed by atoms with Crippen LogP contribution in [0.5, 0.6) is 0 Å². The second kappa shape index (κ2) is 3.64. The molecule has 0 radical (unpaired) electrons. The zero-order valence-corrected chi connectivity index (χ0v) is 8.29. The van der Waals surface area contributed by atoms with Crippen LogP contribution < -0.4 is 0 Å². The van der Waals surface area contributed by atoms with E-state index in [9.17, 15) is 0 Å². The monoisotopic (exact) mass is 201 g/mol. The van der Waals surface area contributed by atoms with Crippen molar-refractivity contribution in [2.24, 2.45) is 5.92 Å². The van der Waals surface area contributed by atoms with Crippen LogP contribution in [0.1, 0.15) is 12.2 Å². The molecule has 1 aromatic rings. The Bertz CT molecular complexity index is 274. The summed E-state index contributed by atoms with van der Waals surface area (Å²) in [4.78, 5) is 0. The molecule has 2 rings (SSSR count). The fraction of sp³-hybridized carbons (Fsp3) is 0.750. The Hall–Kier alpha value is -0.610. The average molecular weight is 202 g/mol. The molecule has 1 fully saturated rings. The van der Waals surface area contributed by atoms with Gasteiger partial charge in [-0.25, -0.2) is 0 Å². The number of hydrogen-bond acceptors (Lipinski definition) is 3. The molecule has 72 valence electrons. The van der Waals surface area contributed by atoms with Gasteiger partial charge in [0.05, 0.1) is 6.61 Å². The molecule has 1 unspecified atom stereocenters.